The fourth-order valence-corrected chi connectivity index (χ4v) is 1.82. The van der Waals surface area contributed by atoms with Crippen molar-refractivity contribution in [2.24, 2.45) is 0 Å². The summed E-state index contributed by atoms with van der Waals surface area (Å²) in [4.78, 5) is 0. The van der Waals surface area contributed by atoms with Crippen LogP contribution in [0, 0.1) is 11.3 Å². The molecule has 1 rings (SSSR count). The van der Waals surface area contributed by atoms with E-state index in [9.17, 15) is 0 Å². The lowest BCUT2D eigenvalue weighted by atomic mass is 9.97. The summed E-state index contributed by atoms with van der Waals surface area (Å²) in [6, 6.07) is 2.30. The number of nitrogens with zero attached hydrogens (tertiary/aromatic N) is 1. The second-order valence-corrected chi connectivity index (χ2v) is 3.90. The second kappa shape index (κ2) is 6.62. The van der Waals surface area contributed by atoms with E-state index in [4.69, 9.17) is 5.26 Å². The van der Waals surface area contributed by atoms with Crippen molar-refractivity contribution in [1.82, 2.24) is 5.32 Å². The molecule has 0 aromatic carbocycles. The van der Waals surface area contributed by atoms with Crippen molar-refractivity contribution in [3.8, 4) is 6.07 Å². The van der Waals surface area contributed by atoms with Crippen molar-refractivity contribution in [1.29, 1.82) is 5.26 Å². The standard InChI is InChI=1S/C12H20N2/c1-2-12(10-13)14-9-8-11-6-4-3-5-7-11/h6,12,14H,2-5,7-9H2,1H3. The molecule has 1 aliphatic rings. The first-order valence-electron chi connectivity index (χ1n) is 5.67. The van der Waals surface area contributed by atoms with Gasteiger partial charge in [0.05, 0.1) is 12.1 Å². The molecule has 14 heavy (non-hydrogen) atoms. The van der Waals surface area contributed by atoms with Crippen LogP contribution < -0.4 is 5.32 Å². The van der Waals surface area contributed by atoms with Gasteiger partial charge < -0.3 is 5.32 Å². The Morgan fingerprint density at radius 3 is 3.00 bits per heavy atom. The van der Waals surface area contributed by atoms with Gasteiger partial charge in [0.2, 0.25) is 0 Å². The third-order valence-electron chi connectivity index (χ3n) is 2.79. The summed E-state index contributed by atoms with van der Waals surface area (Å²) in [5.74, 6) is 0. The molecule has 2 nitrogen and oxygen atoms in total. The zero-order valence-electron chi connectivity index (χ0n) is 9.05. The van der Waals surface area contributed by atoms with Gasteiger partial charge >= 0.3 is 0 Å². The van der Waals surface area contributed by atoms with Crippen LogP contribution in [0.5, 0.6) is 0 Å². The normalized spacial score (nSPS) is 18.4. The van der Waals surface area contributed by atoms with Crippen molar-refractivity contribution < 1.29 is 0 Å². The molecule has 78 valence electrons. The highest BCUT2D eigenvalue weighted by molar-refractivity contribution is 5.05. The number of hydrogen-bond acceptors (Lipinski definition) is 2. The van der Waals surface area contributed by atoms with Gasteiger partial charge in [0.15, 0.2) is 0 Å². The summed E-state index contributed by atoms with van der Waals surface area (Å²) in [7, 11) is 0. The molecule has 0 fully saturated rings. The fraction of sp³-hybridized carbons (Fsp3) is 0.750. The van der Waals surface area contributed by atoms with Gasteiger partial charge in [-0.25, -0.2) is 0 Å². The van der Waals surface area contributed by atoms with Crippen molar-refractivity contribution in [2.75, 3.05) is 6.54 Å². The Hall–Kier alpha value is -0.810. The average Bonchev–Trinajstić information content (AvgIpc) is 2.26. The molecule has 0 aromatic rings. The molecule has 1 unspecified atom stereocenters. The van der Waals surface area contributed by atoms with Crippen LogP contribution in [-0.4, -0.2) is 12.6 Å². The van der Waals surface area contributed by atoms with E-state index >= 15 is 0 Å². The van der Waals surface area contributed by atoms with Gasteiger partial charge in [-0.3, -0.25) is 0 Å². The van der Waals surface area contributed by atoms with Gasteiger partial charge in [-0.1, -0.05) is 18.6 Å². The minimum absolute atomic E-state index is 0.0409. The van der Waals surface area contributed by atoms with E-state index in [2.05, 4.69) is 17.5 Å². The first-order chi connectivity index (χ1) is 6.86. The Bertz CT molecular complexity index is 225. The summed E-state index contributed by atoms with van der Waals surface area (Å²) in [6.07, 6.45) is 9.62. The number of allylic oxidation sites excluding steroid dienone is 1. The molecule has 1 atom stereocenters. The molecule has 0 amide bonds. The van der Waals surface area contributed by atoms with Crippen LogP contribution in [0.2, 0.25) is 0 Å². The van der Waals surface area contributed by atoms with Gasteiger partial charge in [0, 0.05) is 6.54 Å². The minimum Gasteiger partial charge on any atom is -0.302 e. The van der Waals surface area contributed by atoms with E-state index in [0.717, 1.165) is 19.4 Å². The van der Waals surface area contributed by atoms with Crippen LogP contribution in [0.4, 0.5) is 0 Å². The van der Waals surface area contributed by atoms with E-state index < -0.39 is 0 Å². The van der Waals surface area contributed by atoms with Crippen molar-refractivity contribution >= 4 is 0 Å². The maximum atomic E-state index is 8.74. The van der Waals surface area contributed by atoms with Crippen LogP contribution in [0.25, 0.3) is 0 Å². The smallest absolute Gasteiger partial charge is 0.0950 e. The largest absolute Gasteiger partial charge is 0.302 e. The minimum atomic E-state index is 0.0409. The third-order valence-corrected chi connectivity index (χ3v) is 2.79. The van der Waals surface area contributed by atoms with E-state index in [0.29, 0.717) is 0 Å². The van der Waals surface area contributed by atoms with Gasteiger partial charge in [0.25, 0.3) is 0 Å². The summed E-state index contributed by atoms with van der Waals surface area (Å²) in [5.41, 5.74) is 1.58. The fourth-order valence-electron chi connectivity index (χ4n) is 1.82. The molecule has 0 spiro atoms. The highest BCUT2D eigenvalue weighted by Crippen LogP contribution is 2.19. The summed E-state index contributed by atoms with van der Waals surface area (Å²) in [5, 5.41) is 12.0. The molecular formula is C12H20N2. The molecule has 1 aliphatic carbocycles. The molecule has 0 aromatic heterocycles. The van der Waals surface area contributed by atoms with Gasteiger partial charge in [0.1, 0.15) is 0 Å². The number of hydrogen-bond donors (Lipinski definition) is 1. The molecule has 0 saturated carbocycles. The molecule has 2 heteroatoms. The van der Waals surface area contributed by atoms with Crippen LogP contribution in [0.1, 0.15) is 45.4 Å². The molecular weight excluding hydrogens is 172 g/mol. The zero-order valence-corrected chi connectivity index (χ0v) is 9.05. The average molecular weight is 192 g/mol. The Morgan fingerprint density at radius 2 is 2.43 bits per heavy atom. The van der Waals surface area contributed by atoms with Gasteiger partial charge in [-0.05, 0) is 38.5 Å². The number of nitriles is 1. The van der Waals surface area contributed by atoms with Crippen LogP contribution in [0.15, 0.2) is 11.6 Å². The number of rotatable bonds is 5. The monoisotopic (exact) mass is 192 g/mol. The molecule has 0 radical (unpaired) electrons. The molecule has 0 aliphatic heterocycles. The maximum absolute atomic E-state index is 8.74. The van der Waals surface area contributed by atoms with E-state index in [-0.39, 0.29) is 6.04 Å². The Labute approximate surface area is 87.0 Å². The molecule has 0 bridgehead atoms. The van der Waals surface area contributed by atoms with Crippen LogP contribution >= 0.6 is 0 Å². The maximum Gasteiger partial charge on any atom is 0.0950 e. The predicted molar refractivity (Wildman–Crippen MR) is 58.9 cm³/mol. The predicted octanol–water partition coefficient (Wildman–Crippen LogP) is 2.77. The van der Waals surface area contributed by atoms with E-state index in [1.165, 1.54) is 25.7 Å². The van der Waals surface area contributed by atoms with Crippen molar-refractivity contribution in [3.05, 3.63) is 11.6 Å². The second-order valence-electron chi connectivity index (χ2n) is 3.90. The first-order valence-corrected chi connectivity index (χ1v) is 5.67. The molecule has 1 N–H and O–H groups in total. The highest BCUT2D eigenvalue weighted by atomic mass is 14.9. The van der Waals surface area contributed by atoms with Gasteiger partial charge in [-0.15, -0.1) is 0 Å². The summed E-state index contributed by atoms with van der Waals surface area (Å²) in [6.45, 7) is 3.00. The quantitative estimate of drug-likeness (QED) is 0.680. The Balaban J connectivity index is 2.14. The molecule has 0 saturated heterocycles. The SMILES string of the molecule is CCC(C#N)NCCC1=CCCCC1. The van der Waals surface area contributed by atoms with Crippen LogP contribution in [-0.2, 0) is 0 Å². The van der Waals surface area contributed by atoms with Crippen molar-refractivity contribution in [3.63, 3.8) is 0 Å². The Morgan fingerprint density at radius 1 is 1.57 bits per heavy atom. The first kappa shape index (κ1) is 11.3. The van der Waals surface area contributed by atoms with E-state index in [1.54, 1.807) is 5.57 Å². The Kier molecular flexibility index (Phi) is 5.32. The van der Waals surface area contributed by atoms with Gasteiger partial charge in [-0.2, -0.15) is 5.26 Å². The lowest BCUT2D eigenvalue weighted by Crippen LogP contribution is -2.27. The summed E-state index contributed by atoms with van der Waals surface area (Å²) >= 11 is 0. The van der Waals surface area contributed by atoms with Crippen molar-refractivity contribution in [2.45, 2.75) is 51.5 Å². The van der Waals surface area contributed by atoms with E-state index in [1.807, 2.05) is 6.92 Å². The third kappa shape index (κ3) is 3.93. The summed E-state index contributed by atoms with van der Waals surface area (Å²) < 4.78 is 0. The topological polar surface area (TPSA) is 35.8 Å². The van der Waals surface area contributed by atoms with Crippen LogP contribution in [0.3, 0.4) is 0 Å². The highest BCUT2D eigenvalue weighted by Gasteiger charge is 2.05. The molecule has 0 heterocycles. The zero-order chi connectivity index (χ0) is 10.2. The lowest BCUT2D eigenvalue weighted by molar-refractivity contribution is 0.573. The lowest BCUT2D eigenvalue weighted by Gasteiger charge is -2.14. The number of nitrogens with one attached hydrogen (secondary N) is 1.